The molecule has 0 spiro atoms. The highest BCUT2D eigenvalue weighted by Crippen LogP contribution is 2.34. The molecule has 0 rings (SSSR count). The van der Waals surface area contributed by atoms with Gasteiger partial charge in [-0.25, -0.2) is 0 Å². The fourth-order valence-corrected chi connectivity index (χ4v) is 17.5. The Balaban J connectivity index is 5.80. The van der Waals surface area contributed by atoms with Crippen molar-refractivity contribution in [1.82, 2.24) is 0 Å². The summed E-state index contributed by atoms with van der Waals surface area (Å²) in [6, 6.07) is 2.35. The van der Waals surface area contributed by atoms with E-state index >= 15 is 0 Å². The lowest BCUT2D eigenvalue weighted by Crippen LogP contribution is -2.71. The van der Waals surface area contributed by atoms with E-state index in [0.29, 0.717) is 0 Å². The summed E-state index contributed by atoms with van der Waals surface area (Å²) in [5.41, 5.74) is 0. The summed E-state index contributed by atoms with van der Waals surface area (Å²) in [4.78, 5) is 0. The van der Waals surface area contributed by atoms with E-state index in [9.17, 15) is 0 Å². The third-order valence-corrected chi connectivity index (χ3v) is 18.2. The lowest BCUT2D eigenvalue weighted by Gasteiger charge is -2.44. The number of ether oxygens (including phenoxy) is 1. The van der Waals surface area contributed by atoms with Crippen LogP contribution in [0.3, 0.4) is 0 Å². The standard InChI is InChI=1S/C19H44O4Si2/c1-7-13-20-19-24(17-11-5,18-12-6)25(21-14-8-2,22-15-9-3)23-16-10-4/h7-19H2,1-6H3. The highest BCUT2D eigenvalue weighted by molar-refractivity contribution is 7.35. The van der Waals surface area contributed by atoms with Crippen molar-refractivity contribution in [2.24, 2.45) is 0 Å². The predicted molar refractivity (Wildman–Crippen MR) is 112 cm³/mol. The van der Waals surface area contributed by atoms with E-state index in [1.165, 1.54) is 12.1 Å². The second kappa shape index (κ2) is 15.3. The molecular weight excluding hydrogens is 348 g/mol. The monoisotopic (exact) mass is 392 g/mol. The van der Waals surface area contributed by atoms with Crippen LogP contribution < -0.4 is 0 Å². The minimum atomic E-state index is -2.72. The van der Waals surface area contributed by atoms with E-state index in [-0.39, 0.29) is 0 Å². The smallest absolute Gasteiger partial charge is 0.385 e. The van der Waals surface area contributed by atoms with Gasteiger partial charge in [0.25, 0.3) is 0 Å². The molecule has 0 bridgehead atoms. The Morgan fingerprint density at radius 3 is 1.24 bits per heavy atom. The van der Waals surface area contributed by atoms with Crippen LogP contribution in [-0.2, 0) is 18.0 Å². The van der Waals surface area contributed by atoms with Gasteiger partial charge in [-0.05, 0) is 25.7 Å². The highest BCUT2D eigenvalue weighted by Gasteiger charge is 2.61. The van der Waals surface area contributed by atoms with Gasteiger partial charge in [-0.3, -0.25) is 0 Å². The summed E-state index contributed by atoms with van der Waals surface area (Å²) in [6.45, 7) is 16.2. The van der Waals surface area contributed by atoms with Gasteiger partial charge < -0.3 is 18.0 Å². The molecule has 0 aromatic carbocycles. The van der Waals surface area contributed by atoms with Crippen LogP contribution in [-0.4, -0.2) is 48.6 Å². The molecule has 0 aliphatic carbocycles. The van der Waals surface area contributed by atoms with Crippen molar-refractivity contribution in [3.63, 3.8) is 0 Å². The SMILES string of the molecule is CCCOC[Si](CCC)(CCC)[Si](OCCC)(OCCC)OCCC. The third kappa shape index (κ3) is 8.22. The lowest BCUT2D eigenvalue weighted by atomic mass is 10.5. The molecule has 0 aromatic rings. The average Bonchev–Trinajstić information content (AvgIpc) is 2.62. The number of rotatable bonds is 18. The summed E-state index contributed by atoms with van der Waals surface area (Å²) in [5.74, 6) is 0. The molecule has 4 nitrogen and oxygen atoms in total. The van der Waals surface area contributed by atoms with Gasteiger partial charge in [-0.15, -0.1) is 0 Å². The highest BCUT2D eigenvalue weighted by atomic mass is 29.3. The Bertz CT molecular complexity index is 275. The van der Waals surface area contributed by atoms with Crippen LogP contribution in [0.1, 0.15) is 80.1 Å². The quantitative estimate of drug-likeness (QED) is 0.227. The largest absolute Gasteiger partial charge is 0.472 e. The van der Waals surface area contributed by atoms with E-state index in [2.05, 4.69) is 41.5 Å². The van der Waals surface area contributed by atoms with Crippen molar-refractivity contribution < 1.29 is 18.0 Å². The van der Waals surface area contributed by atoms with Crippen molar-refractivity contribution in [2.45, 2.75) is 92.2 Å². The lowest BCUT2D eigenvalue weighted by molar-refractivity contribution is 0.0736. The van der Waals surface area contributed by atoms with Crippen molar-refractivity contribution in [2.75, 3.05) is 32.7 Å². The summed E-state index contributed by atoms with van der Waals surface area (Å²) < 4.78 is 25.8. The fourth-order valence-electron chi connectivity index (χ4n) is 3.33. The zero-order chi connectivity index (χ0) is 19.0. The van der Waals surface area contributed by atoms with E-state index in [0.717, 1.165) is 71.2 Å². The first-order valence-electron chi connectivity index (χ1n) is 10.6. The molecule has 0 aromatic heterocycles. The van der Waals surface area contributed by atoms with E-state index in [4.69, 9.17) is 18.0 Å². The molecule has 0 fully saturated rings. The molecule has 0 saturated heterocycles. The Kier molecular flexibility index (Phi) is 15.5. The van der Waals surface area contributed by atoms with Crippen LogP contribution >= 0.6 is 0 Å². The summed E-state index contributed by atoms with van der Waals surface area (Å²) >= 11 is 0. The van der Waals surface area contributed by atoms with Gasteiger partial charge in [0.2, 0.25) is 0 Å². The van der Waals surface area contributed by atoms with Crippen LogP contribution in [0.5, 0.6) is 0 Å². The molecule has 0 atom stereocenters. The number of hydrogen-bond donors (Lipinski definition) is 0. The molecule has 0 N–H and O–H groups in total. The maximum absolute atomic E-state index is 6.56. The fraction of sp³-hybridized carbons (Fsp3) is 1.00. The van der Waals surface area contributed by atoms with Crippen molar-refractivity contribution in [1.29, 1.82) is 0 Å². The Morgan fingerprint density at radius 2 is 0.920 bits per heavy atom. The average molecular weight is 393 g/mol. The molecule has 152 valence electrons. The molecule has 0 aliphatic heterocycles. The molecular formula is C19H44O4Si2. The number of hydrogen-bond acceptors (Lipinski definition) is 4. The molecule has 25 heavy (non-hydrogen) atoms. The summed E-state index contributed by atoms with van der Waals surface area (Å²) in [6.07, 6.45) is 7.17. The van der Waals surface area contributed by atoms with Crippen LogP contribution in [0, 0.1) is 0 Å². The molecule has 0 unspecified atom stereocenters. The maximum atomic E-state index is 6.56. The first-order valence-corrected chi connectivity index (χ1v) is 16.0. The molecule has 6 heteroatoms. The molecule has 0 amide bonds. The van der Waals surface area contributed by atoms with Gasteiger partial charge in [0.05, 0.1) is 0 Å². The van der Waals surface area contributed by atoms with Crippen LogP contribution in [0.25, 0.3) is 0 Å². The Morgan fingerprint density at radius 1 is 0.520 bits per heavy atom. The van der Waals surface area contributed by atoms with Crippen LogP contribution in [0.15, 0.2) is 0 Å². The second-order valence-corrected chi connectivity index (χ2v) is 17.8. The minimum absolute atomic E-state index is 0.732. The third-order valence-electron chi connectivity index (χ3n) is 4.32. The molecule has 0 aliphatic rings. The van der Waals surface area contributed by atoms with Crippen molar-refractivity contribution in [3.05, 3.63) is 0 Å². The van der Waals surface area contributed by atoms with Gasteiger partial charge >= 0.3 is 8.32 Å². The van der Waals surface area contributed by atoms with Gasteiger partial charge in [0.1, 0.15) is 0 Å². The van der Waals surface area contributed by atoms with Gasteiger partial charge in [0, 0.05) is 32.7 Å². The summed E-state index contributed by atoms with van der Waals surface area (Å²) in [5, 5.41) is 0. The molecule has 0 radical (unpaired) electrons. The Hall–Kier alpha value is 0.274. The summed E-state index contributed by atoms with van der Waals surface area (Å²) in [7, 11) is -4.69. The molecule has 0 saturated carbocycles. The normalized spacial score (nSPS) is 12.7. The topological polar surface area (TPSA) is 36.9 Å². The van der Waals surface area contributed by atoms with Gasteiger partial charge in [-0.1, -0.05) is 66.5 Å². The van der Waals surface area contributed by atoms with Crippen molar-refractivity contribution in [3.8, 4) is 0 Å². The van der Waals surface area contributed by atoms with E-state index in [1.807, 2.05) is 0 Å². The van der Waals surface area contributed by atoms with Gasteiger partial charge in [-0.2, -0.15) is 0 Å². The van der Waals surface area contributed by atoms with Gasteiger partial charge in [0.15, 0.2) is 7.59 Å². The van der Waals surface area contributed by atoms with Crippen molar-refractivity contribution >= 4 is 15.9 Å². The molecule has 0 heterocycles. The zero-order valence-corrected chi connectivity index (χ0v) is 19.8. The Labute approximate surface area is 159 Å². The first kappa shape index (κ1) is 25.3. The predicted octanol–water partition coefficient (Wildman–Crippen LogP) is 5.52. The second-order valence-electron chi connectivity index (χ2n) is 6.93. The van der Waals surface area contributed by atoms with E-state index < -0.39 is 15.9 Å². The van der Waals surface area contributed by atoms with Crippen LogP contribution in [0.2, 0.25) is 12.1 Å². The van der Waals surface area contributed by atoms with E-state index in [1.54, 1.807) is 0 Å². The first-order chi connectivity index (χ1) is 12.1. The minimum Gasteiger partial charge on any atom is -0.385 e. The van der Waals surface area contributed by atoms with Crippen LogP contribution in [0.4, 0.5) is 0 Å². The zero-order valence-electron chi connectivity index (χ0n) is 17.8. The maximum Gasteiger partial charge on any atom is 0.472 e.